The number of nitrogens with zero attached hydrogens (tertiary/aromatic N) is 2. The molecule has 1 aromatic carbocycles. The molecule has 21 heavy (non-hydrogen) atoms. The maximum absolute atomic E-state index is 12.5. The summed E-state index contributed by atoms with van der Waals surface area (Å²) in [5.41, 5.74) is 6.33. The van der Waals surface area contributed by atoms with Crippen LogP contribution in [-0.2, 0) is 6.54 Å². The van der Waals surface area contributed by atoms with Crippen molar-refractivity contribution in [2.24, 2.45) is 0 Å². The molecule has 0 fully saturated rings. The number of amides is 1. The van der Waals surface area contributed by atoms with Crippen molar-refractivity contribution in [3.8, 4) is 0 Å². The van der Waals surface area contributed by atoms with Gasteiger partial charge in [-0.3, -0.25) is 4.79 Å². The Morgan fingerprint density at radius 3 is 2.86 bits per heavy atom. The van der Waals surface area contributed by atoms with Gasteiger partial charge in [-0.1, -0.05) is 30.3 Å². The van der Waals surface area contributed by atoms with Gasteiger partial charge in [-0.05, 0) is 22.9 Å². The molecule has 2 N–H and O–H groups in total. The van der Waals surface area contributed by atoms with Crippen molar-refractivity contribution in [2.75, 3.05) is 12.8 Å². The van der Waals surface area contributed by atoms with Gasteiger partial charge in [0, 0.05) is 17.3 Å². The number of fused-ring (bicyclic) bond motifs is 1. The molecule has 3 rings (SSSR count). The van der Waals surface area contributed by atoms with Crippen LogP contribution in [-0.4, -0.2) is 22.8 Å². The average molecular weight is 297 g/mol. The van der Waals surface area contributed by atoms with Crippen LogP contribution in [0.5, 0.6) is 0 Å². The van der Waals surface area contributed by atoms with Crippen LogP contribution in [0.2, 0.25) is 0 Å². The summed E-state index contributed by atoms with van der Waals surface area (Å²) in [6.07, 6.45) is 0. The molecule has 0 spiro atoms. The highest BCUT2D eigenvalue weighted by molar-refractivity contribution is 7.09. The topological polar surface area (TPSA) is 59.2 Å². The summed E-state index contributed by atoms with van der Waals surface area (Å²) in [7, 11) is 1.77. The first-order chi connectivity index (χ1) is 10.1. The van der Waals surface area contributed by atoms with E-state index in [1.807, 2.05) is 41.8 Å². The lowest BCUT2D eigenvalue weighted by Crippen LogP contribution is -2.26. The SMILES string of the molecule is CN(Cc1cccs1)C(=O)c1cc2ccccc2c(N)n1. The second-order valence-electron chi connectivity index (χ2n) is 4.85. The molecular weight excluding hydrogens is 282 g/mol. The predicted octanol–water partition coefficient (Wildman–Crippen LogP) is 3.15. The fourth-order valence-electron chi connectivity index (χ4n) is 2.24. The molecular formula is C16H15N3OS. The lowest BCUT2D eigenvalue weighted by molar-refractivity contribution is 0.0781. The van der Waals surface area contributed by atoms with Crippen molar-refractivity contribution in [1.82, 2.24) is 9.88 Å². The number of carbonyl (C=O) groups is 1. The van der Waals surface area contributed by atoms with E-state index >= 15 is 0 Å². The van der Waals surface area contributed by atoms with Crippen LogP contribution in [0.25, 0.3) is 10.8 Å². The molecule has 3 aromatic rings. The van der Waals surface area contributed by atoms with Crippen LogP contribution in [0.1, 0.15) is 15.4 Å². The Bertz CT molecular complexity index is 783. The summed E-state index contributed by atoms with van der Waals surface area (Å²) in [5, 5.41) is 3.80. The third kappa shape index (κ3) is 2.73. The van der Waals surface area contributed by atoms with Crippen LogP contribution >= 0.6 is 11.3 Å². The standard InChI is InChI=1S/C16H15N3OS/c1-19(10-12-6-4-8-21-12)16(20)14-9-11-5-2-3-7-13(11)15(17)18-14/h2-9H,10H2,1H3,(H2,17,18). The van der Waals surface area contributed by atoms with Gasteiger partial charge < -0.3 is 10.6 Å². The Morgan fingerprint density at radius 2 is 2.10 bits per heavy atom. The van der Waals surface area contributed by atoms with Crippen molar-refractivity contribution in [1.29, 1.82) is 0 Å². The van der Waals surface area contributed by atoms with Gasteiger partial charge in [0.15, 0.2) is 0 Å². The molecule has 0 saturated heterocycles. The van der Waals surface area contributed by atoms with Gasteiger partial charge in [0.1, 0.15) is 11.5 Å². The van der Waals surface area contributed by atoms with E-state index in [2.05, 4.69) is 4.98 Å². The second-order valence-corrected chi connectivity index (χ2v) is 5.89. The Hall–Kier alpha value is -2.40. The summed E-state index contributed by atoms with van der Waals surface area (Å²) >= 11 is 1.63. The van der Waals surface area contributed by atoms with Crippen LogP contribution < -0.4 is 5.73 Å². The zero-order valence-electron chi connectivity index (χ0n) is 11.6. The molecule has 0 atom stereocenters. The van der Waals surface area contributed by atoms with Crippen molar-refractivity contribution in [2.45, 2.75) is 6.54 Å². The lowest BCUT2D eigenvalue weighted by atomic mass is 10.1. The van der Waals surface area contributed by atoms with E-state index < -0.39 is 0 Å². The summed E-state index contributed by atoms with van der Waals surface area (Å²) < 4.78 is 0. The van der Waals surface area contributed by atoms with Gasteiger partial charge in [-0.2, -0.15) is 0 Å². The van der Waals surface area contributed by atoms with E-state index in [0.717, 1.165) is 15.6 Å². The van der Waals surface area contributed by atoms with Crippen molar-refractivity contribution in [3.05, 3.63) is 58.4 Å². The van der Waals surface area contributed by atoms with Gasteiger partial charge >= 0.3 is 0 Å². The molecule has 0 aliphatic rings. The number of pyridine rings is 1. The van der Waals surface area contributed by atoms with E-state index in [9.17, 15) is 4.79 Å². The number of hydrogen-bond acceptors (Lipinski definition) is 4. The number of nitrogens with two attached hydrogens (primary N) is 1. The third-order valence-electron chi connectivity index (χ3n) is 3.31. The largest absolute Gasteiger partial charge is 0.383 e. The number of nitrogen functional groups attached to an aromatic ring is 1. The zero-order chi connectivity index (χ0) is 14.8. The summed E-state index contributed by atoms with van der Waals surface area (Å²) in [4.78, 5) is 19.5. The van der Waals surface area contributed by atoms with Crippen LogP contribution in [0.4, 0.5) is 5.82 Å². The van der Waals surface area contributed by atoms with E-state index in [1.54, 1.807) is 29.4 Å². The van der Waals surface area contributed by atoms with E-state index in [4.69, 9.17) is 5.73 Å². The minimum Gasteiger partial charge on any atom is -0.383 e. The number of rotatable bonds is 3. The molecule has 0 bridgehead atoms. The highest BCUT2D eigenvalue weighted by atomic mass is 32.1. The molecule has 1 amide bonds. The Kier molecular flexibility index (Phi) is 3.58. The van der Waals surface area contributed by atoms with E-state index in [-0.39, 0.29) is 5.91 Å². The number of carbonyl (C=O) groups excluding carboxylic acids is 1. The number of benzene rings is 1. The van der Waals surface area contributed by atoms with E-state index in [0.29, 0.717) is 18.1 Å². The zero-order valence-corrected chi connectivity index (χ0v) is 12.4. The molecule has 5 heteroatoms. The molecule has 0 aliphatic heterocycles. The number of anilines is 1. The number of thiophene rings is 1. The molecule has 2 heterocycles. The van der Waals surface area contributed by atoms with Gasteiger partial charge in [0.2, 0.25) is 0 Å². The fraction of sp³-hybridized carbons (Fsp3) is 0.125. The van der Waals surface area contributed by atoms with Crippen molar-refractivity contribution < 1.29 is 4.79 Å². The minimum atomic E-state index is -0.124. The van der Waals surface area contributed by atoms with Gasteiger partial charge in [0.25, 0.3) is 5.91 Å². The normalized spacial score (nSPS) is 10.7. The highest BCUT2D eigenvalue weighted by Gasteiger charge is 2.15. The Balaban J connectivity index is 1.90. The molecule has 0 aliphatic carbocycles. The number of hydrogen-bond donors (Lipinski definition) is 1. The Morgan fingerprint density at radius 1 is 1.29 bits per heavy atom. The molecule has 0 unspecified atom stereocenters. The first-order valence-electron chi connectivity index (χ1n) is 6.58. The van der Waals surface area contributed by atoms with Gasteiger partial charge in [0.05, 0.1) is 6.54 Å². The molecule has 106 valence electrons. The summed E-state index contributed by atoms with van der Waals surface area (Å²) in [5.74, 6) is 0.266. The summed E-state index contributed by atoms with van der Waals surface area (Å²) in [6.45, 7) is 0.574. The molecule has 0 saturated carbocycles. The quantitative estimate of drug-likeness (QED) is 0.808. The van der Waals surface area contributed by atoms with Crippen molar-refractivity contribution in [3.63, 3.8) is 0 Å². The minimum absolute atomic E-state index is 0.124. The Labute approximate surface area is 126 Å². The van der Waals surface area contributed by atoms with Gasteiger partial charge in [-0.15, -0.1) is 11.3 Å². The first kappa shape index (κ1) is 13.6. The second kappa shape index (κ2) is 5.54. The fourth-order valence-corrected chi connectivity index (χ4v) is 3.00. The van der Waals surface area contributed by atoms with Crippen molar-refractivity contribution >= 4 is 33.8 Å². The van der Waals surface area contributed by atoms with E-state index in [1.165, 1.54) is 0 Å². The van der Waals surface area contributed by atoms with Crippen LogP contribution in [0.15, 0.2) is 47.8 Å². The van der Waals surface area contributed by atoms with Crippen LogP contribution in [0.3, 0.4) is 0 Å². The molecule has 4 nitrogen and oxygen atoms in total. The first-order valence-corrected chi connectivity index (χ1v) is 7.46. The highest BCUT2D eigenvalue weighted by Crippen LogP contribution is 2.21. The molecule has 2 aromatic heterocycles. The summed E-state index contributed by atoms with van der Waals surface area (Å²) in [6, 6.07) is 13.4. The van der Waals surface area contributed by atoms with Gasteiger partial charge in [-0.25, -0.2) is 4.98 Å². The third-order valence-corrected chi connectivity index (χ3v) is 4.17. The van der Waals surface area contributed by atoms with Crippen LogP contribution in [0, 0.1) is 0 Å². The molecule has 0 radical (unpaired) electrons. The maximum Gasteiger partial charge on any atom is 0.272 e. The smallest absolute Gasteiger partial charge is 0.272 e. The lowest BCUT2D eigenvalue weighted by Gasteiger charge is -2.16. The average Bonchev–Trinajstić information content (AvgIpc) is 2.99. The maximum atomic E-state index is 12.5. The predicted molar refractivity (Wildman–Crippen MR) is 86.3 cm³/mol. The number of aromatic nitrogens is 1. The monoisotopic (exact) mass is 297 g/mol.